The SMILES string of the molecule is CC/C=C\C/C=C\C/C=C\C/C=C\C/C=C\CC(=O)OCC(COC1OC(C(=O)O)C(O)C(O)C1OC(=O)CCCC/C=C\C/C=C\C/C=C\C/C=C\CC)OC(=O)CCCCC/C=C\C/C=C\C/C=C\CC. The Labute approximate surface area is 438 Å². The van der Waals surface area contributed by atoms with Gasteiger partial charge >= 0.3 is 23.9 Å². The number of unbranched alkanes of at least 4 members (excludes halogenated alkanes) is 5. The first-order valence-corrected chi connectivity index (χ1v) is 26.8. The summed E-state index contributed by atoms with van der Waals surface area (Å²) in [5.41, 5.74) is 0. The van der Waals surface area contributed by atoms with Crippen LogP contribution in [-0.2, 0) is 42.9 Å². The van der Waals surface area contributed by atoms with Crippen LogP contribution in [0.2, 0.25) is 0 Å². The Bertz CT molecular complexity index is 1830. The number of carbonyl (C=O) groups excluding carboxylic acids is 3. The number of esters is 3. The van der Waals surface area contributed by atoms with Gasteiger partial charge in [-0.1, -0.05) is 173 Å². The third-order valence-corrected chi connectivity index (χ3v) is 10.9. The first-order valence-electron chi connectivity index (χ1n) is 26.8. The van der Waals surface area contributed by atoms with Gasteiger partial charge in [-0.15, -0.1) is 0 Å². The van der Waals surface area contributed by atoms with Gasteiger partial charge in [-0.2, -0.15) is 0 Å². The zero-order chi connectivity index (χ0) is 53.3. The van der Waals surface area contributed by atoms with Crippen molar-refractivity contribution in [3.8, 4) is 0 Å². The summed E-state index contributed by atoms with van der Waals surface area (Å²) in [5.74, 6) is -3.42. The Hall–Kier alpha value is -5.40. The first-order chi connectivity index (χ1) is 35.6. The fourth-order valence-corrected chi connectivity index (χ4v) is 6.91. The van der Waals surface area contributed by atoms with Crippen LogP contribution in [0.4, 0.5) is 0 Å². The summed E-state index contributed by atoms with van der Waals surface area (Å²) in [4.78, 5) is 50.9. The van der Waals surface area contributed by atoms with E-state index in [9.17, 15) is 34.5 Å². The fraction of sp³-hybridized carbons (Fsp3) is 0.541. The van der Waals surface area contributed by atoms with Gasteiger partial charge in [0.25, 0.3) is 0 Å². The van der Waals surface area contributed by atoms with Crippen LogP contribution >= 0.6 is 0 Å². The number of aliphatic carboxylic acids is 1. The molecule has 0 aromatic heterocycles. The summed E-state index contributed by atoms with van der Waals surface area (Å²) in [7, 11) is 0. The number of carbonyl (C=O) groups is 4. The highest BCUT2D eigenvalue weighted by atomic mass is 16.7. The van der Waals surface area contributed by atoms with E-state index in [2.05, 4.69) is 136 Å². The fourth-order valence-electron chi connectivity index (χ4n) is 6.91. The molecule has 0 aliphatic carbocycles. The molecule has 1 heterocycles. The lowest BCUT2D eigenvalue weighted by molar-refractivity contribution is -0.301. The smallest absolute Gasteiger partial charge is 0.335 e. The third kappa shape index (κ3) is 37.9. The van der Waals surface area contributed by atoms with Gasteiger partial charge in [0.2, 0.25) is 0 Å². The molecule has 0 spiro atoms. The quantitative estimate of drug-likeness (QED) is 0.0229. The lowest BCUT2D eigenvalue weighted by Gasteiger charge is -2.40. The Balaban J connectivity index is 2.84. The van der Waals surface area contributed by atoms with Crippen LogP contribution in [0.3, 0.4) is 0 Å². The van der Waals surface area contributed by atoms with Crippen LogP contribution < -0.4 is 0 Å². The summed E-state index contributed by atoms with van der Waals surface area (Å²) >= 11 is 0. The van der Waals surface area contributed by atoms with Gasteiger partial charge in [0.05, 0.1) is 13.0 Å². The van der Waals surface area contributed by atoms with Crippen molar-refractivity contribution >= 4 is 23.9 Å². The van der Waals surface area contributed by atoms with E-state index >= 15 is 0 Å². The summed E-state index contributed by atoms with van der Waals surface area (Å²) in [6.45, 7) is 5.47. The zero-order valence-corrected chi connectivity index (χ0v) is 44.3. The monoisotopic (exact) mass is 1010 g/mol. The summed E-state index contributed by atoms with van der Waals surface area (Å²) in [6.07, 6.45) is 55.8. The largest absolute Gasteiger partial charge is 0.479 e. The number of hydrogen-bond acceptors (Lipinski definition) is 11. The second-order valence-electron chi connectivity index (χ2n) is 17.4. The van der Waals surface area contributed by atoms with Crippen LogP contribution in [0, 0.1) is 0 Å². The van der Waals surface area contributed by atoms with Crippen molar-refractivity contribution in [1.29, 1.82) is 0 Å². The molecular weight excluding hydrogens is 925 g/mol. The van der Waals surface area contributed by atoms with E-state index in [0.717, 1.165) is 96.3 Å². The molecule has 0 aromatic rings. The minimum atomic E-state index is -1.94. The van der Waals surface area contributed by atoms with Gasteiger partial charge in [0.15, 0.2) is 24.6 Å². The van der Waals surface area contributed by atoms with E-state index in [1.807, 2.05) is 24.3 Å². The van der Waals surface area contributed by atoms with Gasteiger partial charge in [-0.3, -0.25) is 14.4 Å². The molecule has 0 radical (unpaired) electrons. The summed E-state index contributed by atoms with van der Waals surface area (Å²) in [5, 5.41) is 31.4. The minimum absolute atomic E-state index is 0.0131. The van der Waals surface area contributed by atoms with Crippen molar-refractivity contribution in [3.05, 3.63) is 146 Å². The number of hydrogen-bond donors (Lipinski definition) is 3. The third-order valence-electron chi connectivity index (χ3n) is 10.9. The first kappa shape index (κ1) is 65.6. The van der Waals surface area contributed by atoms with Crippen molar-refractivity contribution in [1.82, 2.24) is 0 Å². The molecule has 6 atom stereocenters. The maximum absolute atomic E-state index is 13.1. The lowest BCUT2D eigenvalue weighted by atomic mass is 9.98. The topological polar surface area (TPSA) is 175 Å². The van der Waals surface area contributed by atoms with Gasteiger partial charge in [-0.05, 0) is 116 Å². The average molecular weight is 1020 g/mol. The van der Waals surface area contributed by atoms with Gasteiger partial charge < -0.3 is 39.0 Å². The van der Waals surface area contributed by atoms with E-state index in [0.29, 0.717) is 25.7 Å². The number of carboxylic acids is 1. The van der Waals surface area contributed by atoms with E-state index in [4.69, 9.17) is 23.7 Å². The molecule has 406 valence electrons. The number of rotatable bonds is 42. The Morgan fingerprint density at radius 3 is 1.32 bits per heavy atom. The van der Waals surface area contributed by atoms with Gasteiger partial charge in [0.1, 0.15) is 18.8 Å². The Morgan fingerprint density at radius 1 is 0.466 bits per heavy atom. The molecule has 1 aliphatic heterocycles. The van der Waals surface area contributed by atoms with Crippen LogP contribution in [0.1, 0.15) is 162 Å². The molecule has 0 saturated carbocycles. The molecule has 6 unspecified atom stereocenters. The molecule has 0 amide bonds. The predicted molar refractivity (Wildman–Crippen MR) is 293 cm³/mol. The van der Waals surface area contributed by atoms with Crippen molar-refractivity contribution in [2.75, 3.05) is 13.2 Å². The van der Waals surface area contributed by atoms with Crippen molar-refractivity contribution < 1.29 is 58.2 Å². The second-order valence-corrected chi connectivity index (χ2v) is 17.4. The van der Waals surface area contributed by atoms with Crippen LogP contribution in [0.25, 0.3) is 0 Å². The maximum Gasteiger partial charge on any atom is 0.335 e. The molecule has 1 saturated heterocycles. The molecule has 12 heteroatoms. The highest BCUT2D eigenvalue weighted by molar-refractivity contribution is 5.74. The van der Waals surface area contributed by atoms with Crippen molar-refractivity contribution in [2.24, 2.45) is 0 Å². The highest BCUT2D eigenvalue weighted by Crippen LogP contribution is 2.26. The molecule has 1 rings (SSSR count). The number of aliphatic hydroxyl groups is 2. The summed E-state index contributed by atoms with van der Waals surface area (Å²) < 4.78 is 28.1. The Morgan fingerprint density at radius 2 is 0.863 bits per heavy atom. The lowest BCUT2D eigenvalue weighted by Crippen LogP contribution is -2.61. The number of allylic oxidation sites excluding steroid dienone is 23. The van der Waals surface area contributed by atoms with Gasteiger partial charge in [0, 0.05) is 12.8 Å². The Kier molecular flexibility index (Phi) is 42.8. The minimum Gasteiger partial charge on any atom is -0.479 e. The maximum atomic E-state index is 13.1. The van der Waals surface area contributed by atoms with E-state index in [1.165, 1.54) is 0 Å². The number of aliphatic hydroxyl groups excluding tert-OH is 2. The van der Waals surface area contributed by atoms with E-state index < -0.39 is 73.9 Å². The predicted octanol–water partition coefficient (Wildman–Crippen LogP) is 13.2. The molecule has 73 heavy (non-hydrogen) atoms. The zero-order valence-electron chi connectivity index (χ0n) is 44.3. The molecule has 0 aromatic carbocycles. The molecule has 12 nitrogen and oxygen atoms in total. The molecular formula is C61H90O12. The highest BCUT2D eigenvalue weighted by Gasteiger charge is 2.50. The van der Waals surface area contributed by atoms with Crippen LogP contribution in [-0.4, -0.2) is 89.2 Å². The van der Waals surface area contributed by atoms with Gasteiger partial charge in [-0.25, -0.2) is 4.79 Å². The standard InChI is InChI=1S/C61H90O12/c1-4-7-10-13-16-19-22-25-27-30-32-35-38-41-44-47-53(62)69-50-52(71-54(63)48-45-42-39-36-33-29-24-21-18-15-12-9-6-3)51-70-61-59(57(66)56(65)58(73-61)60(67)68)72-55(64)49-46-43-40-37-34-31-28-26-23-20-17-14-11-8-5-2/h7-12,16-21,25-29,32-35,37,41,44,52,56-59,61,65-66H,4-6,13-15,22-24,30-31,36,38-40,42-43,45-51H2,1-3H3,(H,67,68)/b10-7-,11-8-,12-9-,19-16-,20-17-,21-18-,27-25-,28-26-,33-29-,35-32-,37-34-,44-41-. The number of ether oxygens (including phenoxy) is 5. The molecule has 1 fully saturated rings. The molecule has 1 aliphatic rings. The van der Waals surface area contributed by atoms with Crippen molar-refractivity contribution in [2.45, 2.75) is 199 Å². The van der Waals surface area contributed by atoms with Crippen LogP contribution in [0.15, 0.2) is 146 Å². The molecule has 0 bridgehead atoms. The second kappa shape index (κ2) is 47.6. The summed E-state index contributed by atoms with van der Waals surface area (Å²) in [6, 6.07) is 0. The normalized spacial score (nSPS) is 19.5. The van der Waals surface area contributed by atoms with Crippen molar-refractivity contribution in [3.63, 3.8) is 0 Å². The molecule has 3 N–H and O–H groups in total. The number of carboxylic acid groups (broad SMARTS) is 1. The van der Waals surface area contributed by atoms with Crippen LogP contribution in [0.5, 0.6) is 0 Å². The van der Waals surface area contributed by atoms with E-state index in [1.54, 1.807) is 6.08 Å². The van der Waals surface area contributed by atoms with E-state index in [-0.39, 0.29) is 19.3 Å². The average Bonchev–Trinajstić information content (AvgIpc) is 3.37.